The van der Waals surface area contributed by atoms with Crippen molar-refractivity contribution in [3.63, 3.8) is 0 Å². The normalized spacial score (nSPS) is 11.0. The van der Waals surface area contributed by atoms with Crippen LogP contribution in [0.25, 0.3) is 0 Å². The third-order valence-electron chi connectivity index (χ3n) is 2.81. The molecule has 0 saturated heterocycles. The van der Waals surface area contributed by atoms with E-state index in [1.54, 1.807) is 0 Å². The Labute approximate surface area is 123 Å². The lowest BCUT2D eigenvalue weighted by atomic mass is 10.2. The van der Waals surface area contributed by atoms with Gasteiger partial charge in [-0.05, 0) is 18.2 Å². The molecule has 0 spiro atoms. The Morgan fingerprint density at radius 3 is 2.52 bits per heavy atom. The molecule has 3 nitrogen and oxygen atoms in total. The minimum absolute atomic E-state index is 0.0185. The average molecular weight is 318 g/mol. The SMILES string of the molecule is Cn1cc(S)c(F)c1C(=O)Nc1ccc(F)c(C(F)F)c1. The van der Waals surface area contributed by atoms with Crippen molar-refractivity contribution in [1.29, 1.82) is 0 Å². The van der Waals surface area contributed by atoms with Crippen molar-refractivity contribution in [2.24, 2.45) is 7.05 Å². The molecule has 2 aromatic rings. The van der Waals surface area contributed by atoms with Crippen LogP contribution in [0.15, 0.2) is 29.3 Å². The fourth-order valence-corrected chi connectivity index (χ4v) is 2.10. The summed E-state index contributed by atoms with van der Waals surface area (Å²) in [4.78, 5) is 11.9. The number of aromatic nitrogens is 1. The van der Waals surface area contributed by atoms with Gasteiger partial charge in [0.15, 0.2) is 5.82 Å². The van der Waals surface area contributed by atoms with Gasteiger partial charge in [-0.3, -0.25) is 4.79 Å². The Hall–Kier alpha value is -1.96. The number of thiol groups is 1. The Bertz CT molecular complexity index is 700. The molecule has 0 bridgehead atoms. The number of rotatable bonds is 3. The second-order valence-corrected chi connectivity index (χ2v) is 4.76. The molecule has 0 unspecified atom stereocenters. The first-order chi connectivity index (χ1) is 9.81. The number of hydrogen-bond acceptors (Lipinski definition) is 2. The fraction of sp³-hybridized carbons (Fsp3) is 0.154. The van der Waals surface area contributed by atoms with E-state index in [2.05, 4.69) is 17.9 Å². The first kappa shape index (κ1) is 15.4. The first-order valence-electron chi connectivity index (χ1n) is 5.74. The summed E-state index contributed by atoms with van der Waals surface area (Å²) >= 11 is 3.84. The van der Waals surface area contributed by atoms with Gasteiger partial charge in [0.2, 0.25) is 0 Å². The molecule has 1 aromatic heterocycles. The molecule has 8 heteroatoms. The number of nitrogens with one attached hydrogen (secondary N) is 1. The van der Waals surface area contributed by atoms with Crippen molar-refractivity contribution < 1.29 is 22.4 Å². The largest absolute Gasteiger partial charge is 0.343 e. The molecule has 0 aliphatic heterocycles. The van der Waals surface area contributed by atoms with E-state index in [9.17, 15) is 22.4 Å². The fourth-order valence-electron chi connectivity index (χ4n) is 1.82. The van der Waals surface area contributed by atoms with Crippen LogP contribution in [0.3, 0.4) is 0 Å². The van der Waals surface area contributed by atoms with E-state index in [1.165, 1.54) is 17.8 Å². The third kappa shape index (κ3) is 3.05. The molecule has 1 N–H and O–H groups in total. The van der Waals surface area contributed by atoms with E-state index in [0.29, 0.717) is 0 Å². The molecule has 2 rings (SSSR count). The van der Waals surface area contributed by atoms with Crippen LogP contribution in [-0.4, -0.2) is 10.5 Å². The van der Waals surface area contributed by atoms with Gasteiger partial charge < -0.3 is 9.88 Å². The third-order valence-corrected chi connectivity index (χ3v) is 3.12. The standard InChI is InChI=1S/C13H10F4N2OS/c1-19-5-9(21)10(15)11(19)13(20)18-6-2-3-8(14)7(4-6)12(16)17/h2-5,12,21H,1H3,(H,18,20). The highest BCUT2D eigenvalue weighted by molar-refractivity contribution is 7.80. The van der Waals surface area contributed by atoms with Gasteiger partial charge >= 0.3 is 0 Å². The number of nitrogens with zero attached hydrogens (tertiary/aromatic N) is 1. The van der Waals surface area contributed by atoms with Gasteiger partial charge in [-0.1, -0.05) is 0 Å². The maximum absolute atomic E-state index is 13.7. The highest BCUT2D eigenvalue weighted by Gasteiger charge is 2.20. The monoisotopic (exact) mass is 318 g/mol. The topological polar surface area (TPSA) is 34.0 Å². The summed E-state index contributed by atoms with van der Waals surface area (Å²) in [6, 6.07) is 2.73. The molecule has 0 aliphatic rings. The summed E-state index contributed by atoms with van der Waals surface area (Å²) in [7, 11) is 1.44. The number of carbonyl (C=O) groups excluding carboxylic acids is 1. The van der Waals surface area contributed by atoms with Gasteiger partial charge in [-0.2, -0.15) is 0 Å². The molecule has 112 valence electrons. The van der Waals surface area contributed by atoms with Crippen LogP contribution < -0.4 is 5.32 Å². The molecule has 21 heavy (non-hydrogen) atoms. The van der Waals surface area contributed by atoms with Gasteiger partial charge in [-0.15, -0.1) is 12.6 Å². The molecule has 0 saturated carbocycles. The highest BCUT2D eigenvalue weighted by Crippen LogP contribution is 2.26. The number of hydrogen-bond donors (Lipinski definition) is 2. The van der Waals surface area contributed by atoms with Crippen LogP contribution in [0, 0.1) is 11.6 Å². The van der Waals surface area contributed by atoms with Gasteiger partial charge in [0.05, 0.1) is 10.5 Å². The van der Waals surface area contributed by atoms with Gasteiger partial charge in [0, 0.05) is 18.9 Å². The zero-order valence-corrected chi connectivity index (χ0v) is 11.6. The van der Waals surface area contributed by atoms with Crippen LogP contribution in [-0.2, 0) is 7.05 Å². The van der Waals surface area contributed by atoms with Crippen LogP contribution in [0.1, 0.15) is 22.5 Å². The van der Waals surface area contributed by atoms with Gasteiger partial charge in [0.1, 0.15) is 11.5 Å². The van der Waals surface area contributed by atoms with E-state index in [4.69, 9.17) is 0 Å². The van der Waals surface area contributed by atoms with Crippen molar-refractivity contribution in [2.75, 3.05) is 5.32 Å². The molecule has 1 amide bonds. The van der Waals surface area contributed by atoms with Crippen molar-refractivity contribution in [3.8, 4) is 0 Å². The maximum Gasteiger partial charge on any atom is 0.275 e. The van der Waals surface area contributed by atoms with E-state index >= 15 is 0 Å². The molecule has 0 fully saturated rings. The molecular formula is C13H10F4N2OS. The predicted octanol–water partition coefficient (Wildman–Crippen LogP) is 3.78. The lowest BCUT2D eigenvalue weighted by Crippen LogP contribution is -2.17. The summed E-state index contributed by atoms with van der Waals surface area (Å²) < 4.78 is 53.2. The van der Waals surface area contributed by atoms with Crippen LogP contribution in [0.4, 0.5) is 23.2 Å². The summed E-state index contributed by atoms with van der Waals surface area (Å²) in [6.07, 6.45) is -1.72. The van der Waals surface area contributed by atoms with Crippen molar-refractivity contribution in [3.05, 3.63) is 47.3 Å². The zero-order chi connectivity index (χ0) is 15.7. The number of halogens is 4. The minimum atomic E-state index is -3.02. The van der Waals surface area contributed by atoms with E-state index < -0.39 is 29.5 Å². The van der Waals surface area contributed by atoms with E-state index in [-0.39, 0.29) is 16.3 Å². The number of benzene rings is 1. The van der Waals surface area contributed by atoms with E-state index in [1.807, 2.05) is 0 Å². The Kier molecular flexibility index (Phi) is 4.26. The first-order valence-corrected chi connectivity index (χ1v) is 6.18. The van der Waals surface area contributed by atoms with Crippen LogP contribution in [0.5, 0.6) is 0 Å². The van der Waals surface area contributed by atoms with Crippen molar-refractivity contribution >= 4 is 24.2 Å². The van der Waals surface area contributed by atoms with Crippen LogP contribution in [0.2, 0.25) is 0 Å². The van der Waals surface area contributed by atoms with Crippen molar-refractivity contribution in [1.82, 2.24) is 4.57 Å². The minimum Gasteiger partial charge on any atom is -0.343 e. The number of anilines is 1. The molecular weight excluding hydrogens is 308 g/mol. The van der Waals surface area contributed by atoms with Gasteiger partial charge in [-0.25, -0.2) is 17.6 Å². The second-order valence-electron chi connectivity index (χ2n) is 4.28. The second kappa shape index (κ2) is 5.80. The summed E-state index contributed by atoms with van der Waals surface area (Å²) in [5, 5.41) is 2.24. The number of aryl methyl sites for hydroxylation is 1. The number of alkyl halides is 2. The number of amides is 1. The highest BCUT2D eigenvalue weighted by atomic mass is 32.1. The lowest BCUT2D eigenvalue weighted by Gasteiger charge is -2.09. The Balaban J connectivity index is 2.30. The van der Waals surface area contributed by atoms with Crippen LogP contribution >= 0.6 is 12.6 Å². The Morgan fingerprint density at radius 2 is 2.00 bits per heavy atom. The molecule has 1 heterocycles. The summed E-state index contributed by atoms with van der Waals surface area (Å²) in [5.41, 5.74) is -1.20. The average Bonchev–Trinajstić information content (AvgIpc) is 2.65. The number of carbonyl (C=O) groups is 1. The molecule has 0 atom stereocenters. The Morgan fingerprint density at radius 1 is 1.33 bits per heavy atom. The van der Waals surface area contributed by atoms with E-state index in [0.717, 1.165) is 18.2 Å². The summed E-state index contributed by atoms with van der Waals surface area (Å²) in [5.74, 6) is -2.75. The smallest absolute Gasteiger partial charge is 0.275 e. The zero-order valence-electron chi connectivity index (χ0n) is 10.7. The molecule has 0 radical (unpaired) electrons. The molecule has 1 aromatic carbocycles. The lowest BCUT2D eigenvalue weighted by molar-refractivity contribution is 0.101. The van der Waals surface area contributed by atoms with Crippen molar-refractivity contribution in [2.45, 2.75) is 11.3 Å². The van der Waals surface area contributed by atoms with Gasteiger partial charge in [0.25, 0.3) is 12.3 Å². The quantitative estimate of drug-likeness (QED) is 0.655. The maximum atomic E-state index is 13.7. The molecule has 0 aliphatic carbocycles. The predicted molar refractivity (Wildman–Crippen MR) is 71.9 cm³/mol. The summed E-state index contributed by atoms with van der Waals surface area (Å²) in [6.45, 7) is 0.